The first-order chi connectivity index (χ1) is 15.4. The first-order valence-corrected chi connectivity index (χ1v) is 10.4. The van der Waals surface area contributed by atoms with Gasteiger partial charge in [-0.25, -0.2) is 0 Å². The third-order valence-electron chi connectivity index (χ3n) is 5.00. The van der Waals surface area contributed by atoms with E-state index in [9.17, 15) is 4.79 Å². The molecule has 1 N–H and O–H groups in total. The molecule has 6 nitrogen and oxygen atoms in total. The standard InChI is InChI=1S/C26H25N3O3/c1-26(2,3)19-15-13-18(14-16-19)24(30)27-22-12-8-7-11-21(22)25-28-23(29-32-25)17-31-20-9-5-4-6-10-20/h4-16H,17H2,1-3H3,(H,27,30). The predicted octanol–water partition coefficient (Wildman–Crippen LogP) is 5.87. The van der Waals surface area contributed by atoms with Crippen LogP contribution in [0.3, 0.4) is 0 Å². The summed E-state index contributed by atoms with van der Waals surface area (Å²) < 4.78 is 11.1. The maximum absolute atomic E-state index is 12.8. The van der Waals surface area contributed by atoms with Crippen LogP contribution < -0.4 is 10.1 Å². The molecule has 4 aromatic rings. The number of nitrogens with zero attached hydrogens (tertiary/aromatic N) is 2. The highest BCUT2D eigenvalue weighted by Crippen LogP contribution is 2.28. The molecule has 0 atom stereocenters. The number of ether oxygens (including phenoxy) is 1. The molecule has 0 fully saturated rings. The van der Waals surface area contributed by atoms with Gasteiger partial charge >= 0.3 is 0 Å². The van der Waals surface area contributed by atoms with Crippen molar-refractivity contribution < 1.29 is 14.1 Å². The van der Waals surface area contributed by atoms with Crippen LogP contribution in [0.2, 0.25) is 0 Å². The molecule has 0 saturated heterocycles. The molecule has 4 rings (SSSR count). The fourth-order valence-electron chi connectivity index (χ4n) is 3.18. The molecule has 32 heavy (non-hydrogen) atoms. The van der Waals surface area contributed by atoms with Crippen molar-refractivity contribution >= 4 is 11.6 Å². The smallest absolute Gasteiger partial charge is 0.260 e. The Balaban J connectivity index is 1.48. The zero-order chi connectivity index (χ0) is 22.6. The Kier molecular flexibility index (Phi) is 6.03. The van der Waals surface area contributed by atoms with Crippen molar-refractivity contribution in [3.63, 3.8) is 0 Å². The minimum absolute atomic E-state index is 0.0293. The van der Waals surface area contributed by atoms with Crippen molar-refractivity contribution in [3.05, 3.63) is 95.8 Å². The molecular weight excluding hydrogens is 402 g/mol. The van der Waals surface area contributed by atoms with E-state index in [1.165, 1.54) is 5.56 Å². The van der Waals surface area contributed by atoms with Crippen LogP contribution in [0.15, 0.2) is 83.4 Å². The summed E-state index contributed by atoms with van der Waals surface area (Å²) in [6.07, 6.45) is 0. The van der Waals surface area contributed by atoms with Crippen molar-refractivity contribution in [3.8, 4) is 17.2 Å². The van der Waals surface area contributed by atoms with Crippen LogP contribution in [-0.2, 0) is 12.0 Å². The molecule has 162 valence electrons. The average Bonchev–Trinajstić information content (AvgIpc) is 3.27. The van der Waals surface area contributed by atoms with E-state index in [0.29, 0.717) is 28.5 Å². The number of benzene rings is 3. The monoisotopic (exact) mass is 427 g/mol. The van der Waals surface area contributed by atoms with Gasteiger partial charge in [0.1, 0.15) is 5.75 Å². The fourth-order valence-corrected chi connectivity index (χ4v) is 3.18. The van der Waals surface area contributed by atoms with E-state index in [2.05, 4.69) is 36.2 Å². The second-order valence-electron chi connectivity index (χ2n) is 8.44. The summed E-state index contributed by atoms with van der Waals surface area (Å²) in [5.41, 5.74) is 3.02. The summed E-state index contributed by atoms with van der Waals surface area (Å²) in [5, 5.41) is 6.95. The van der Waals surface area contributed by atoms with Gasteiger partial charge in [-0.15, -0.1) is 0 Å². The van der Waals surface area contributed by atoms with Crippen LogP contribution >= 0.6 is 0 Å². The third-order valence-corrected chi connectivity index (χ3v) is 5.00. The number of nitrogens with one attached hydrogen (secondary N) is 1. The molecule has 1 amide bonds. The van der Waals surface area contributed by atoms with E-state index in [0.717, 1.165) is 5.75 Å². The quantitative estimate of drug-likeness (QED) is 0.417. The largest absolute Gasteiger partial charge is 0.485 e. The van der Waals surface area contributed by atoms with Gasteiger partial charge in [-0.1, -0.05) is 68.4 Å². The van der Waals surface area contributed by atoms with E-state index < -0.39 is 0 Å². The maximum atomic E-state index is 12.8. The van der Waals surface area contributed by atoms with Crippen LogP contribution in [0.5, 0.6) is 5.75 Å². The number of amides is 1. The van der Waals surface area contributed by atoms with Gasteiger partial charge < -0.3 is 14.6 Å². The van der Waals surface area contributed by atoms with E-state index in [-0.39, 0.29) is 17.9 Å². The molecule has 1 aromatic heterocycles. The van der Waals surface area contributed by atoms with Gasteiger partial charge in [0.15, 0.2) is 6.61 Å². The van der Waals surface area contributed by atoms with Gasteiger partial charge in [0, 0.05) is 5.56 Å². The van der Waals surface area contributed by atoms with Gasteiger partial charge in [-0.2, -0.15) is 4.98 Å². The van der Waals surface area contributed by atoms with Crippen LogP contribution in [0.4, 0.5) is 5.69 Å². The first kappa shape index (κ1) is 21.3. The van der Waals surface area contributed by atoms with Gasteiger partial charge in [0.2, 0.25) is 5.82 Å². The number of para-hydroxylation sites is 2. The number of carbonyl (C=O) groups is 1. The number of hydrogen-bond acceptors (Lipinski definition) is 5. The van der Waals surface area contributed by atoms with Crippen LogP contribution in [-0.4, -0.2) is 16.0 Å². The van der Waals surface area contributed by atoms with E-state index >= 15 is 0 Å². The molecule has 0 aliphatic heterocycles. The highest BCUT2D eigenvalue weighted by molar-refractivity contribution is 6.06. The lowest BCUT2D eigenvalue weighted by molar-refractivity contribution is 0.102. The SMILES string of the molecule is CC(C)(C)c1ccc(C(=O)Nc2ccccc2-c2nc(COc3ccccc3)no2)cc1. The van der Waals surface area contributed by atoms with Crippen molar-refractivity contribution in [1.82, 2.24) is 10.1 Å². The zero-order valence-corrected chi connectivity index (χ0v) is 18.3. The minimum Gasteiger partial charge on any atom is -0.485 e. The Morgan fingerprint density at radius 3 is 2.34 bits per heavy atom. The minimum atomic E-state index is -0.204. The Morgan fingerprint density at radius 1 is 0.938 bits per heavy atom. The molecule has 0 bridgehead atoms. The van der Waals surface area contributed by atoms with Crippen molar-refractivity contribution in [2.75, 3.05) is 5.32 Å². The highest BCUT2D eigenvalue weighted by Gasteiger charge is 2.17. The Morgan fingerprint density at radius 2 is 1.62 bits per heavy atom. The van der Waals surface area contributed by atoms with E-state index in [1.54, 1.807) is 6.07 Å². The summed E-state index contributed by atoms with van der Waals surface area (Å²) in [5.74, 6) is 1.26. The molecule has 0 saturated carbocycles. The van der Waals surface area contributed by atoms with Gasteiger partial charge in [0.25, 0.3) is 11.8 Å². The highest BCUT2D eigenvalue weighted by atomic mass is 16.5. The lowest BCUT2D eigenvalue weighted by atomic mass is 9.87. The third kappa shape index (κ3) is 5.03. The molecule has 0 radical (unpaired) electrons. The Hall–Kier alpha value is -3.93. The van der Waals surface area contributed by atoms with Crippen LogP contribution in [0.25, 0.3) is 11.5 Å². The number of rotatable bonds is 6. The molecule has 0 unspecified atom stereocenters. The second kappa shape index (κ2) is 9.06. The van der Waals surface area contributed by atoms with Crippen molar-refractivity contribution in [2.24, 2.45) is 0 Å². The molecule has 0 aliphatic carbocycles. The Bertz CT molecular complexity index is 1190. The zero-order valence-electron chi connectivity index (χ0n) is 18.3. The molecule has 0 spiro atoms. The summed E-state index contributed by atoms with van der Waals surface area (Å²) in [4.78, 5) is 17.2. The lowest BCUT2D eigenvalue weighted by Crippen LogP contribution is -2.14. The molecule has 1 heterocycles. The number of anilines is 1. The predicted molar refractivity (Wildman–Crippen MR) is 124 cm³/mol. The van der Waals surface area contributed by atoms with Gasteiger partial charge in [-0.3, -0.25) is 4.79 Å². The molecule has 0 aliphatic rings. The lowest BCUT2D eigenvalue weighted by Gasteiger charge is -2.19. The molecular formula is C26H25N3O3. The molecule has 6 heteroatoms. The topological polar surface area (TPSA) is 77.2 Å². The molecule has 3 aromatic carbocycles. The summed E-state index contributed by atoms with van der Waals surface area (Å²) in [7, 11) is 0. The maximum Gasteiger partial charge on any atom is 0.260 e. The Labute approximate surface area is 187 Å². The van der Waals surface area contributed by atoms with E-state index in [1.807, 2.05) is 72.8 Å². The number of carbonyl (C=O) groups excluding carboxylic acids is 1. The normalized spacial score (nSPS) is 11.2. The van der Waals surface area contributed by atoms with Crippen molar-refractivity contribution in [1.29, 1.82) is 0 Å². The van der Waals surface area contributed by atoms with Crippen LogP contribution in [0.1, 0.15) is 42.5 Å². The summed E-state index contributed by atoms with van der Waals surface area (Å²) >= 11 is 0. The van der Waals surface area contributed by atoms with Crippen LogP contribution in [0, 0.1) is 0 Å². The average molecular weight is 428 g/mol. The van der Waals surface area contributed by atoms with Gasteiger partial charge in [-0.05, 0) is 47.4 Å². The number of hydrogen-bond donors (Lipinski definition) is 1. The van der Waals surface area contributed by atoms with E-state index in [4.69, 9.17) is 9.26 Å². The first-order valence-electron chi connectivity index (χ1n) is 10.4. The van der Waals surface area contributed by atoms with Crippen molar-refractivity contribution in [2.45, 2.75) is 32.8 Å². The second-order valence-corrected chi connectivity index (χ2v) is 8.44. The summed E-state index contributed by atoms with van der Waals surface area (Å²) in [6.45, 7) is 6.60. The number of aromatic nitrogens is 2. The van der Waals surface area contributed by atoms with Gasteiger partial charge in [0.05, 0.1) is 11.3 Å². The fraction of sp³-hybridized carbons (Fsp3) is 0.192. The summed E-state index contributed by atoms with van der Waals surface area (Å²) in [6, 6.07) is 24.4.